The zero-order chi connectivity index (χ0) is 23.3. The van der Waals surface area contributed by atoms with Crippen molar-refractivity contribution in [3.63, 3.8) is 0 Å². The number of ether oxygens (including phenoxy) is 1. The molecule has 0 spiro atoms. The summed E-state index contributed by atoms with van der Waals surface area (Å²) in [6.07, 6.45) is 0.0312. The number of likely N-dealkylation sites (N-methyl/N-ethyl adjacent to an activating group) is 1. The van der Waals surface area contributed by atoms with Gasteiger partial charge in [-0.3, -0.25) is 9.59 Å². The van der Waals surface area contributed by atoms with Gasteiger partial charge < -0.3 is 19.6 Å². The zero-order valence-corrected chi connectivity index (χ0v) is 19.2. The summed E-state index contributed by atoms with van der Waals surface area (Å²) in [7, 11) is 0. The van der Waals surface area contributed by atoms with Gasteiger partial charge in [0.1, 0.15) is 11.5 Å². The predicted molar refractivity (Wildman–Crippen MR) is 125 cm³/mol. The molecule has 0 unspecified atom stereocenters. The minimum absolute atomic E-state index is 0.0312. The molecule has 0 aromatic heterocycles. The van der Waals surface area contributed by atoms with Crippen molar-refractivity contribution in [3.8, 4) is 5.75 Å². The predicted octanol–water partition coefficient (Wildman–Crippen LogP) is 4.24. The minimum atomic E-state index is -0.654. The Hall–Kier alpha value is -3.12. The Morgan fingerprint density at radius 1 is 1.03 bits per heavy atom. The van der Waals surface area contributed by atoms with Crippen molar-refractivity contribution < 1.29 is 19.4 Å². The molecule has 2 aromatic rings. The van der Waals surface area contributed by atoms with Gasteiger partial charge in [0.2, 0.25) is 0 Å². The topological polar surface area (TPSA) is 70.1 Å². The Morgan fingerprint density at radius 2 is 1.66 bits per heavy atom. The Bertz CT molecular complexity index is 963. The van der Waals surface area contributed by atoms with E-state index in [4.69, 9.17) is 4.74 Å². The summed E-state index contributed by atoms with van der Waals surface area (Å²) in [6, 6.07) is 15.7. The second-order valence-corrected chi connectivity index (χ2v) is 8.12. The average Bonchev–Trinajstić information content (AvgIpc) is 3.05. The highest BCUT2D eigenvalue weighted by Gasteiger charge is 2.45. The van der Waals surface area contributed by atoms with Crippen molar-refractivity contribution in [1.82, 2.24) is 9.80 Å². The molecule has 6 nitrogen and oxygen atoms in total. The maximum atomic E-state index is 13.1. The van der Waals surface area contributed by atoms with Gasteiger partial charge >= 0.3 is 0 Å². The van der Waals surface area contributed by atoms with Gasteiger partial charge in [-0.1, -0.05) is 44.2 Å². The van der Waals surface area contributed by atoms with Gasteiger partial charge in [-0.05, 0) is 56.8 Å². The van der Waals surface area contributed by atoms with E-state index in [9.17, 15) is 14.7 Å². The molecule has 1 heterocycles. The fourth-order valence-corrected chi connectivity index (χ4v) is 4.00. The summed E-state index contributed by atoms with van der Waals surface area (Å²) < 4.78 is 5.66. The third-order valence-electron chi connectivity index (χ3n) is 5.71. The van der Waals surface area contributed by atoms with E-state index in [0.717, 1.165) is 18.7 Å². The summed E-state index contributed by atoms with van der Waals surface area (Å²) in [4.78, 5) is 29.8. The number of likely N-dealkylation sites (tertiary alicyclic amines) is 1. The van der Waals surface area contributed by atoms with Gasteiger partial charge in [0, 0.05) is 18.7 Å². The average molecular weight is 437 g/mol. The van der Waals surface area contributed by atoms with E-state index >= 15 is 0 Å². The normalized spacial score (nSPS) is 18.1. The van der Waals surface area contributed by atoms with Crippen molar-refractivity contribution in [2.24, 2.45) is 0 Å². The third kappa shape index (κ3) is 5.02. The molecule has 0 bridgehead atoms. The molecule has 1 N–H and O–H groups in total. The van der Waals surface area contributed by atoms with Crippen LogP contribution < -0.4 is 4.74 Å². The number of Topliss-reactive ketones (excluding diaryl/α,β-unsaturated/α-hetero) is 1. The Labute approximate surface area is 190 Å². The van der Waals surface area contributed by atoms with Crippen molar-refractivity contribution in [2.45, 2.75) is 39.8 Å². The van der Waals surface area contributed by atoms with Crippen LogP contribution in [0.2, 0.25) is 0 Å². The highest BCUT2D eigenvalue weighted by atomic mass is 16.5. The maximum absolute atomic E-state index is 13.1. The largest absolute Gasteiger partial charge is 0.507 e. The molecule has 0 radical (unpaired) electrons. The Kier molecular flexibility index (Phi) is 7.70. The molecule has 1 aliphatic rings. The molecule has 0 aliphatic carbocycles. The number of benzene rings is 2. The van der Waals surface area contributed by atoms with Crippen molar-refractivity contribution in [2.75, 3.05) is 26.2 Å². The molecule has 0 saturated carbocycles. The summed E-state index contributed by atoms with van der Waals surface area (Å²) >= 11 is 0. The van der Waals surface area contributed by atoms with E-state index in [2.05, 4.69) is 18.7 Å². The van der Waals surface area contributed by atoms with Crippen LogP contribution in [-0.4, -0.2) is 58.9 Å². The number of hydrogen-bond donors (Lipinski definition) is 1. The molecule has 1 fully saturated rings. The molecule has 2 aromatic carbocycles. The maximum Gasteiger partial charge on any atom is 0.295 e. The lowest BCUT2D eigenvalue weighted by Crippen LogP contribution is -2.38. The minimum Gasteiger partial charge on any atom is -0.507 e. The number of amides is 1. The van der Waals surface area contributed by atoms with E-state index < -0.39 is 17.7 Å². The van der Waals surface area contributed by atoms with E-state index in [1.54, 1.807) is 29.2 Å². The van der Waals surface area contributed by atoms with Crippen LogP contribution in [0.5, 0.6) is 5.75 Å². The van der Waals surface area contributed by atoms with Crippen LogP contribution in [0.25, 0.3) is 5.76 Å². The second-order valence-electron chi connectivity index (χ2n) is 8.12. The molecule has 6 heteroatoms. The third-order valence-corrected chi connectivity index (χ3v) is 5.71. The molecular formula is C26H32N2O4. The highest BCUT2D eigenvalue weighted by Crippen LogP contribution is 2.39. The first kappa shape index (κ1) is 23.5. The smallest absolute Gasteiger partial charge is 0.295 e. The Balaban J connectivity index is 2.02. The molecule has 3 rings (SSSR count). The summed E-state index contributed by atoms with van der Waals surface area (Å²) in [6.45, 7) is 10.8. The zero-order valence-electron chi connectivity index (χ0n) is 19.2. The quantitative estimate of drug-likeness (QED) is 0.362. The SMILES string of the molecule is CCN(CC)CCN1C(=O)C(=O)C(=C(O)c2ccc(OC(C)C)cc2)[C@H]1c1ccccc1. The van der Waals surface area contributed by atoms with Crippen LogP contribution in [0.15, 0.2) is 60.2 Å². The number of hydrogen-bond acceptors (Lipinski definition) is 5. The first-order valence-electron chi connectivity index (χ1n) is 11.2. The molecular weight excluding hydrogens is 404 g/mol. The number of ketones is 1. The Morgan fingerprint density at radius 3 is 2.22 bits per heavy atom. The number of aliphatic hydroxyl groups is 1. The van der Waals surface area contributed by atoms with Crippen LogP contribution in [0.1, 0.15) is 44.9 Å². The fourth-order valence-electron chi connectivity index (χ4n) is 4.00. The van der Waals surface area contributed by atoms with Gasteiger partial charge in [-0.2, -0.15) is 0 Å². The molecule has 1 atom stereocenters. The van der Waals surface area contributed by atoms with Crippen molar-refractivity contribution >= 4 is 17.4 Å². The van der Waals surface area contributed by atoms with E-state index in [1.165, 1.54) is 0 Å². The van der Waals surface area contributed by atoms with Crippen molar-refractivity contribution in [1.29, 1.82) is 0 Å². The number of nitrogens with zero attached hydrogens (tertiary/aromatic N) is 2. The second kappa shape index (κ2) is 10.5. The molecule has 1 aliphatic heterocycles. The first-order chi connectivity index (χ1) is 15.4. The number of rotatable bonds is 9. The number of carbonyl (C=O) groups is 2. The van der Waals surface area contributed by atoms with E-state index in [1.807, 2.05) is 44.2 Å². The lowest BCUT2D eigenvalue weighted by molar-refractivity contribution is -0.140. The number of aliphatic hydroxyl groups excluding tert-OH is 1. The van der Waals surface area contributed by atoms with Crippen LogP contribution >= 0.6 is 0 Å². The lowest BCUT2D eigenvalue weighted by Gasteiger charge is -2.28. The monoisotopic (exact) mass is 436 g/mol. The van der Waals surface area contributed by atoms with Crippen LogP contribution in [-0.2, 0) is 9.59 Å². The standard InChI is InChI=1S/C26H32N2O4/c1-5-27(6-2)16-17-28-23(19-10-8-7-9-11-19)22(25(30)26(28)31)24(29)20-12-14-21(15-13-20)32-18(3)4/h7-15,18,23,29H,5-6,16-17H2,1-4H3/t23-/m1/s1. The summed E-state index contributed by atoms with van der Waals surface area (Å²) in [5.41, 5.74) is 1.40. The summed E-state index contributed by atoms with van der Waals surface area (Å²) in [5.74, 6) is -0.722. The first-order valence-corrected chi connectivity index (χ1v) is 11.2. The lowest BCUT2D eigenvalue weighted by atomic mass is 9.95. The fraction of sp³-hybridized carbons (Fsp3) is 0.385. The van der Waals surface area contributed by atoms with Crippen LogP contribution in [0, 0.1) is 0 Å². The van der Waals surface area contributed by atoms with Crippen LogP contribution in [0.4, 0.5) is 0 Å². The molecule has 32 heavy (non-hydrogen) atoms. The van der Waals surface area contributed by atoms with Crippen LogP contribution in [0.3, 0.4) is 0 Å². The number of carbonyl (C=O) groups excluding carboxylic acids is 2. The summed E-state index contributed by atoms with van der Waals surface area (Å²) in [5, 5.41) is 11.1. The van der Waals surface area contributed by atoms with Gasteiger partial charge in [0.25, 0.3) is 11.7 Å². The molecule has 1 amide bonds. The van der Waals surface area contributed by atoms with E-state index in [0.29, 0.717) is 24.4 Å². The van der Waals surface area contributed by atoms with Gasteiger partial charge in [-0.15, -0.1) is 0 Å². The van der Waals surface area contributed by atoms with Gasteiger partial charge in [0.15, 0.2) is 0 Å². The molecule has 170 valence electrons. The van der Waals surface area contributed by atoms with Gasteiger partial charge in [-0.25, -0.2) is 0 Å². The van der Waals surface area contributed by atoms with Crippen molar-refractivity contribution in [3.05, 3.63) is 71.3 Å². The van der Waals surface area contributed by atoms with Gasteiger partial charge in [0.05, 0.1) is 17.7 Å². The highest BCUT2D eigenvalue weighted by molar-refractivity contribution is 6.46. The van der Waals surface area contributed by atoms with E-state index in [-0.39, 0.29) is 17.4 Å². The molecule has 1 saturated heterocycles.